The molecule has 0 radical (unpaired) electrons. The van der Waals surface area contributed by atoms with Gasteiger partial charge in [-0.25, -0.2) is 8.78 Å². The van der Waals surface area contributed by atoms with Gasteiger partial charge in [0.15, 0.2) is 5.69 Å². The summed E-state index contributed by atoms with van der Waals surface area (Å²) < 4.78 is 29.3. The minimum absolute atomic E-state index is 0.0415. The fraction of sp³-hybridized carbons (Fsp3) is 0.292. The van der Waals surface area contributed by atoms with Gasteiger partial charge in [-0.3, -0.25) is 14.3 Å². The van der Waals surface area contributed by atoms with Gasteiger partial charge in [0, 0.05) is 5.39 Å². The van der Waals surface area contributed by atoms with Crippen LogP contribution in [0.4, 0.5) is 8.78 Å². The van der Waals surface area contributed by atoms with Crippen LogP contribution in [0.5, 0.6) is 0 Å². The number of hydrogen-bond donors (Lipinski definition) is 3. The number of hydrogen-bond acceptors (Lipinski definition) is 4. The molecule has 0 saturated heterocycles. The Labute approximate surface area is 190 Å². The summed E-state index contributed by atoms with van der Waals surface area (Å²) in [5.74, 6) is -2.34. The van der Waals surface area contributed by atoms with E-state index in [1.807, 2.05) is 0 Å². The Bertz CT molecular complexity index is 1200. The van der Waals surface area contributed by atoms with Crippen molar-refractivity contribution in [2.24, 2.45) is 5.41 Å². The van der Waals surface area contributed by atoms with Gasteiger partial charge < -0.3 is 15.7 Å². The normalized spacial score (nSPS) is 12.4. The highest BCUT2D eigenvalue weighted by Crippen LogP contribution is 2.25. The second-order valence-corrected chi connectivity index (χ2v) is 8.83. The van der Waals surface area contributed by atoms with E-state index in [4.69, 9.17) is 0 Å². The van der Waals surface area contributed by atoms with Crippen LogP contribution < -0.4 is 10.6 Å². The summed E-state index contributed by atoms with van der Waals surface area (Å²) in [7, 11) is 0. The highest BCUT2D eigenvalue weighted by molar-refractivity contribution is 6.06. The summed E-state index contributed by atoms with van der Waals surface area (Å²) in [4.78, 5) is 25.8. The zero-order valence-corrected chi connectivity index (χ0v) is 18.7. The first-order chi connectivity index (χ1) is 15.5. The molecule has 3 rings (SSSR count). The molecule has 174 valence electrons. The number of carbonyl (C=O) groups is 2. The van der Waals surface area contributed by atoms with Crippen LogP contribution in [0.15, 0.2) is 54.8 Å². The van der Waals surface area contributed by atoms with Gasteiger partial charge in [-0.15, -0.1) is 0 Å². The maximum atomic E-state index is 14.7. The van der Waals surface area contributed by atoms with Gasteiger partial charge in [0.1, 0.15) is 29.0 Å². The van der Waals surface area contributed by atoms with E-state index in [-0.39, 0.29) is 35.4 Å². The summed E-state index contributed by atoms with van der Waals surface area (Å²) in [6.07, 6.45) is 0. The van der Waals surface area contributed by atoms with Gasteiger partial charge in [-0.05, 0) is 29.2 Å². The molecular weight excluding hydrogens is 430 g/mol. The molecule has 0 spiro atoms. The number of carbonyl (C=O) groups excluding carboxylic acids is 2. The van der Waals surface area contributed by atoms with Gasteiger partial charge in [0.05, 0.1) is 13.1 Å². The number of benzene rings is 2. The number of nitrogens with zero attached hydrogens (tertiary/aromatic N) is 2. The van der Waals surface area contributed by atoms with E-state index >= 15 is 0 Å². The predicted molar refractivity (Wildman–Crippen MR) is 121 cm³/mol. The van der Waals surface area contributed by atoms with E-state index in [0.717, 1.165) is 0 Å². The van der Waals surface area contributed by atoms with Crippen molar-refractivity contribution in [3.63, 3.8) is 0 Å². The lowest BCUT2D eigenvalue weighted by Gasteiger charge is -2.30. The molecule has 33 heavy (non-hydrogen) atoms. The van der Waals surface area contributed by atoms with Crippen molar-refractivity contribution in [3.05, 3.63) is 77.7 Å². The number of para-hydroxylation sites is 1. The summed E-state index contributed by atoms with van der Waals surface area (Å²) in [6, 6.07) is 9.03. The largest absolute Gasteiger partial charge is 0.511 e. The third-order valence-corrected chi connectivity index (χ3v) is 5.05. The molecule has 1 atom stereocenters. The molecule has 0 aliphatic heterocycles. The summed E-state index contributed by atoms with van der Waals surface area (Å²) in [6.45, 7) is 8.61. The Kier molecular flexibility index (Phi) is 6.81. The molecule has 0 aliphatic carbocycles. The molecule has 3 N–H and O–H groups in total. The summed E-state index contributed by atoms with van der Waals surface area (Å²) in [5, 5.41) is 19.1. The highest BCUT2D eigenvalue weighted by atomic mass is 19.1. The topological polar surface area (TPSA) is 96.2 Å². The maximum Gasteiger partial charge on any atom is 0.273 e. The second-order valence-electron chi connectivity index (χ2n) is 8.83. The average molecular weight is 456 g/mol. The van der Waals surface area contributed by atoms with E-state index in [0.29, 0.717) is 5.56 Å². The fourth-order valence-electron chi connectivity index (χ4n) is 3.40. The van der Waals surface area contributed by atoms with Crippen molar-refractivity contribution in [2.75, 3.05) is 6.54 Å². The lowest BCUT2D eigenvalue weighted by molar-refractivity contribution is -0.125. The van der Waals surface area contributed by atoms with E-state index in [9.17, 15) is 23.5 Å². The Morgan fingerprint density at radius 2 is 1.82 bits per heavy atom. The van der Waals surface area contributed by atoms with Crippen molar-refractivity contribution < 1.29 is 23.5 Å². The Hall–Kier alpha value is -3.75. The van der Waals surface area contributed by atoms with Crippen LogP contribution in [0.25, 0.3) is 10.9 Å². The number of amides is 2. The molecule has 0 bridgehead atoms. The van der Waals surface area contributed by atoms with Crippen LogP contribution >= 0.6 is 0 Å². The number of aliphatic hydroxyl groups excluding tert-OH is 1. The van der Waals surface area contributed by atoms with E-state index in [1.54, 1.807) is 39.0 Å². The van der Waals surface area contributed by atoms with Crippen LogP contribution in [-0.2, 0) is 11.3 Å². The van der Waals surface area contributed by atoms with Gasteiger partial charge in [-0.1, -0.05) is 51.6 Å². The molecule has 0 aliphatic rings. The molecule has 0 unspecified atom stereocenters. The zero-order valence-electron chi connectivity index (χ0n) is 18.7. The molecular formula is C24H26F2N4O3. The number of fused-ring (bicyclic) bond motifs is 1. The lowest BCUT2D eigenvalue weighted by atomic mass is 9.86. The standard InChI is InChI=1S/C24H26F2N4O3/c1-14(31)12-27-23(33)21(24(2,3)4)28-22(32)19-17-6-5-7-18(26)20(17)30(29-19)13-15-8-10-16(25)11-9-15/h5-11,21,31H,1,12-13H2,2-4H3,(H,27,33)(H,28,32)/t21-/m1/s1. The first-order valence-electron chi connectivity index (χ1n) is 10.3. The first kappa shape index (κ1) is 23.9. The maximum absolute atomic E-state index is 14.7. The predicted octanol–water partition coefficient (Wildman–Crippen LogP) is 3.70. The number of aliphatic hydroxyl groups is 1. The molecule has 7 nitrogen and oxygen atoms in total. The monoisotopic (exact) mass is 456 g/mol. The van der Waals surface area contributed by atoms with Gasteiger partial charge in [0.25, 0.3) is 5.91 Å². The number of rotatable bonds is 7. The number of aromatic nitrogens is 2. The van der Waals surface area contributed by atoms with Crippen LogP contribution in [0.3, 0.4) is 0 Å². The van der Waals surface area contributed by atoms with Crippen molar-refractivity contribution >= 4 is 22.7 Å². The van der Waals surface area contributed by atoms with E-state index < -0.39 is 34.9 Å². The Morgan fingerprint density at radius 3 is 2.42 bits per heavy atom. The highest BCUT2D eigenvalue weighted by Gasteiger charge is 2.34. The lowest BCUT2D eigenvalue weighted by Crippen LogP contribution is -2.53. The quantitative estimate of drug-likeness (QED) is 0.473. The first-order valence-corrected chi connectivity index (χ1v) is 10.3. The van der Waals surface area contributed by atoms with Crippen molar-refractivity contribution in [1.29, 1.82) is 0 Å². The summed E-state index contributed by atoms with van der Waals surface area (Å²) in [5.41, 5.74) is 0.0848. The SMILES string of the molecule is C=C(O)CNC(=O)[C@@H](NC(=O)c1nn(Cc2ccc(F)cc2)c2c(F)cccc12)C(C)(C)C. The molecule has 2 amide bonds. The van der Waals surface area contributed by atoms with Gasteiger partial charge >= 0.3 is 0 Å². The third-order valence-electron chi connectivity index (χ3n) is 5.05. The Balaban J connectivity index is 1.95. The van der Waals surface area contributed by atoms with Gasteiger partial charge in [-0.2, -0.15) is 5.10 Å². The van der Waals surface area contributed by atoms with Crippen LogP contribution in [0, 0.1) is 17.0 Å². The molecule has 9 heteroatoms. The molecule has 2 aromatic carbocycles. The molecule has 3 aromatic rings. The second kappa shape index (κ2) is 9.40. The van der Waals surface area contributed by atoms with Crippen molar-refractivity contribution in [1.82, 2.24) is 20.4 Å². The van der Waals surface area contributed by atoms with Crippen molar-refractivity contribution in [3.8, 4) is 0 Å². The van der Waals surface area contributed by atoms with E-state index in [1.165, 1.54) is 28.9 Å². The molecule has 0 fully saturated rings. The molecule has 0 saturated carbocycles. The minimum atomic E-state index is -0.963. The number of halogens is 2. The minimum Gasteiger partial charge on any atom is -0.511 e. The third kappa shape index (κ3) is 5.54. The van der Waals surface area contributed by atoms with Crippen LogP contribution in [0.2, 0.25) is 0 Å². The van der Waals surface area contributed by atoms with Gasteiger partial charge in [0.2, 0.25) is 5.91 Å². The fourth-order valence-corrected chi connectivity index (χ4v) is 3.40. The van der Waals surface area contributed by atoms with Crippen LogP contribution in [-0.4, -0.2) is 39.3 Å². The average Bonchev–Trinajstić information content (AvgIpc) is 3.10. The summed E-state index contributed by atoms with van der Waals surface area (Å²) >= 11 is 0. The van der Waals surface area contributed by atoms with E-state index in [2.05, 4.69) is 22.3 Å². The van der Waals surface area contributed by atoms with Crippen molar-refractivity contribution in [2.45, 2.75) is 33.4 Å². The van der Waals surface area contributed by atoms with Crippen LogP contribution in [0.1, 0.15) is 36.8 Å². The molecule has 1 heterocycles. The number of nitrogens with one attached hydrogen (secondary N) is 2. The smallest absolute Gasteiger partial charge is 0.273 e. The zero-order chi connectivity index (χ0) is 24.3. The molecule has 1 aromatic heterocycles. The Morgan fingerprint density at radius 1 is 1.15 bits per heavy atom.